The van der Waals surface area contributed by atoms with Crippen LogP contribution in [-0.4, -0.2) is 33.8 Å². The summed E-state index contributed by atoms with van der Waals surface area (Å²) in [5, 5.41) is 9.31. The van der Waals surface area contributed by atoms with Crippen molar-refractivity contribution in [3.63, 3.8) is 0 Å². The Hall–Kier alpha value is -1.69. The van der Waals surface area contributed by atoms with Gasteiger partial charge >= 0.3 is 11.7 Å². The minimum atomic E-state index is -1.04. The minimum Gasteiger partial charge on any atom is -0.478 e. The molecule has 0 aliphatic carbocycles. The standard InChI is InChI=1S/C13H18N2O4/c1-8(2)15-7-10(12(16)17)11(14-13(15)18)9-3-5-19-6-4-9/h7-9H,3-6H2,1-2H3,(H,16,17). The predicted octanol–water partition coefficient (Wildman–Crippen LogP) is 1.42. The van der Waals surface area contributed by atoms with Gasteiger partial charge in [-0.3, -0.25) is 4.57 Å². The quantitative estimate of drug-likeness (QED) is 0.894. The molecule has 6 nitrogen and oxygen atoms in total. The molecule has 0 amide bonds. The Kier molecular flexibility index (Phi) is 3.99. The fraction of sp³-hybridized carbons (Fsp3) is 0.615. The summed E-state index contributed by atoms with van der Waals surface area (Å²) in [6, 6.07) is -0.109. The Morgan fingerprint density at radius 1 is 1.47 bits per heavy atom. The summed E-state index contributed by atoms with van der Waals surface area (Å²) in [5.74, 6) is -1.04. The Morgan fingerprint density at radius 2 is 2.11 bits per heavy atom. The van der Waals surface area contributed by atoms with Crippen LogP contribution in [0.25, 0.3) is 0 Å². The molecule has 0 aromatic carbocycles. The van der Waals surface area contributed by atoms with Crippen molar-refractivity contribution in [1.82, 2.24) is 9.55 Å². The molecule has 1 N–H and O–H groups in total. The molecule has 1 fully saturated rings. The zero-order valence-electron chi connectivity index (χ0n) is 11.1. The molecule has 0 spiro atoms. The lowest BCUT2D eigenvalue weighted by Crippen LogP contribution is -2.30. The number of nitrogens with zero attached hydrogens (tertiary/aromatic N) is 2. The molecule has 2 heterocycles. The molecule has 0 atom stereocenters. The van der Waals surface area contributed by atoms with Crippen molar-refractivity contribution in [2.75, 3.05) is 13.2 Å². The SMILES string of the molecule is CC(C)n1cc(C(=O)O)c(C2CCOCC2)nc1=O. The van der Waals surface area contributed by atoms with Crippen LogP contribution in [0, 0.1) is 0 Å². The highest BCUT2D eigenvalue weighted by molar-refractivity contribution is 5.88. The van der Waals surface area contributed by atoms with Gasteiger partial charge in [0.05, 0.1) is 11.3 Å². The van der Waals surface area contributed by atoms with Gasteiger partial charge in [0, 0.05) is 31.4 Å². The second-order valence-electron chi connectivity index (χ2n) is 5.02. The Balaban J connectivity index is 2.50. The first kappa shape index (κ1) is 13.7. The maximum atomic E-state index is 11.9. The summed E-state index contributed by atoms with van der Waals surface area (Å²) in [6.07, 6.45) is 2.82. The number of ether oxygens (including phenoxy) is 1. The van der Waals surface area contributed by atoms with Crippen LogP contribution in [-0.2, 0) is 4.74 Å². The third kappa shape index (κ3) is 2.84. The van der Waals surface area contributed by atoms with Gasteiger partial charge in [0.1, 0.15) is 0 Å². The van der Waals surface area contributed by atoms with Crippen LogP contribution in [0.1, 0.15) is 54.7 Å². The number of carboxylic acids is 1. The normalized spacial score (nSPS) is 16.8. The van der Waals surface area contributed by atoms with E-state index in [0.29, 0.717) is 31.7 Å². The van der Waals surface area contributed by atoms with Gasteiger partial charge < -0.3 is 9.84 Å². The molecule has 1 aliphatic rings. The number of aromatic nitrogens is 2. The average molecular weight is 266 g/mol. The highest BCUT2D eigenvalue weighted by atomic mass is 16.5. The second-order valence-corrected chi connectivity index (χ2v) is 5.02. The maximum Gasteiger partial charge on any atom is 0.348 e. The minimum absolute atomic E-state index is 0.00522. The Labute approximate surface area is 111 Å². The monoisotopic (exact) mass is 266 g/mol. The van der Waals surface area contributed by atoms with E-state index >= 15 is 0 Å². The van der Waals surface area contributed by atoms with Crippen molar-refractivity contribution in [2.45, 2.75) is 38.6 Å². The molecule has 0 radical (unpaired) electrons. The smallest absolute Gasteiger partial charge is 0.348 e. The molecular formula is C13H18N2O4. The zero-order chi connectivity index (χ0) is 14.0. The van der Waals surface area contributed by atoms with Crippen molar-refractivity contribution >= 4 is 5.97 Å². The first-order valence-corrected chi connectivity index (χ1v) is 6.44. The van der Waals surface area contributed by atoms with E-state index in [1.165, 1.54) is 10.8 Å². The Bertz CT molecular complexity index is 530. The lowest BCUT2D eigenvalue weighted by molar-refractivity contribution is 0.0681. The van der Waals surface area contributed by atoms with Crippen molar-refractivity contribution in [1.29, 1.82) is 0 Å². The van der Waals surface area contributed by atoms with Gasteiger partial charge in [0.15, 0.2) is 0 Å². The van der Waals surface area contributed by atoms with Crippen molar-refractivity contribution < 1.29 is 14.6 Å². The first-order chi connectivity index (χ1) is 9.00. The van der Waals surface area contributed by atoms with E-state index in [1.54, 1.807) is 0 Å². The number of aromatic carboxylic acids is 1. The van der Waals surface area contributed by atoms with Crippen LogP contribution >= 0.6 is 0 Å². The van der Waals surface area contributed by atoms with Crippen molar-refractivity contribution in [2.24, 2.45) is 0 Å². The van der Waals surface area contributed by atoms with E-state index in [4.69, 9.17) is 4.74 Å². The lowest BCUT2D eigenvalue weighted by atomic mass is 9.93. The van der Waals surface area contributed by atoms with Gasteiger partial charge in [-0.15, -0.1) is 0 Å². The summed E-state index contributed by atoms with van der Waals surface area (Å²) in [7, 11) is 0. The molecule has 1 saturated heterocycles. The molecular weight excluding hydrogens is 248 g/mol. The molecule has 1 aliphatic heterocycles. The van der Waals surface area contributed by atoms with E-state index in [2.05, 4.69) is 4.98 Å². The molecule has 0 unspecified atom stereocenters. The van der Waals surface area contributed by atoms with Crippen LogP contribution < -0.4 is 5.69 Å². The lowest BCUT2D eigenvalue weighted by Gasteiger charge is -2.23. The largest absolute Gasteiger partial charge is 0.478 e. The van der Waals surface area contributed by atoms with Gasteiger partial charge in [-0.1, -0.05) is 0 Å². The number of rotatable bonds is 3. The summed E-state index contributed by atoms with van der Waals surface area (Å²) >= 11 is 0. The fourth-order valence-corrected chi connectivity index (χ4v) is 2.30. The summed E-state index contributed by atoms with van der Waals surface area (Å²) in [6.45, 7) is 4.81. The average Bonchev–Trinajstić information content (AvgIpc) is 2.38. The van der Waals surface area contributed by atoms with E-state index in [0.717, 1.165) is 0 Å². The molecule has 0 bridgehead atoms. The zero-order valence-corrected chi connectivity index (χ0v) is 11.1. The summed E-state index contributed by atoms with van der Waals surface area (Å²) in [4.78, 5) is 27.3. The highest BCUT2D eigenvalue weighted by Gasteiger charge is 2.25. The van der Waals surface area contributed by atoms with Crippen LogP contribution in [0.5, 0.6) is 0 Å². The van der Waals surface area contributed by atoms with Crippen LogP contribution in [0.2, 0.25) is 0 Å². The molecule has 1 aromatic heterocycles. The third-order valence-electron chi connectivity index (χ3n) is 3.38. The van der Waals surface area contributed by atoms with Crippen molar-refractivity contribution in [3.8, 4) is 0 Å². The van der Waals surface area contributed by atoms with Crippen LogP contribution in [0.15, 0.2) is 11.0 Å². The Morgan fingerprint density at radius 3 is 2.63 bits per heavy atom. The van der Waals surface area contributed by atoms with E-state index < -0.39 is 5.97 Å². The number of hydrogen-bond donors (Lipinski definition) is 1. The maximum absolute atomic E-state index is 11.9. The number of carbonyl (C=O) groups is 1. The molecule has 1 aromatic rings. The van der Waals surface area contributed by atoms with E-state index in [-0.39, 0.29) is 23.2 Å². The second kappa shape index (κ2) is 5.52. The van der Waals surface area contributed by atoms with Crippen LogP contribution in [0.3, 0.4) is 0 Å². The molecule has 6 heteroatoms. The van der Waals surface area contributed by atoms with Gasteiger partial charge in [-0.2, -0.15) is 4.98 Å². The van der Waals surface area contributed by atoms with Gasteiger partial charge in [-0.25, -0.2) is 9.59 Å². The van der Waals surface area contributed by atoms with Crippen LogP contribution in [0.4, 0.5) is 0 Å². The number of hydrogen-bond acceptors (Lipinski definition) is 4. The van der Waals surface area contributed by atoms with Gasteiger partial charge in [0.25, 0.3) is 0 Å². The number of carboxylic acid groups (broad SMARTS) is 1. The highest BCUT2D eigenvalue weighted by Crippen LogP contribution is 2.27. The first-order valence-electron chi connectivity index (χ1n) is 6.44. The van der Waals surface area contributed by atoms with Crippen molar-refractivity contribution in [3.05, 3.63) is 27.9 Å². The fourth-order valence-electron chi connectivity index (χ4n) is 2.30. The predicted molar refractivity (Wildman–Crippen MR) is 68.6 cm³/mol. The molecule has 19 heavy (non-hydrogen) atoms. The van der Waals surface area contributed by atoms with E-state index in [9.17, 15) is 14.7 Å². The van der Waals surface area contributed by atoms with Gasteiger partial charge in [0.2, 0.25) is 0 Å². The molecule has 104 valence electrons. The summed E-state index contributed by atoms with van der Waals surface area (Å²) < 4.78 is 6.61. The molecule has 0 saturated carbocycles. The van der Waals surface area contributed by atoms with Gasteiger partial charge in [-0.05, 0) is 26.7 Å². The third-order valence-corrected chi connectivity index (χ3v) is 3.38. The topological polar surface area (TPSA) is 81.4 Å². The van der Waals surface area contributed by atoms with E-state index in [1.807, 2.05) is 13.8 Å². The summed E-state index contributed by atoms with van der Waals surface area (Å²) in [5.41, 5.74) is 0.138. The molecule has 2 rings (SSSR count).